The fourth-order valence-corrected chi connectivity index (χ4v) is 3.11. The van der Waals surface area contributed by atoms with E-state index in [2.05, 4.69) is 4.72 Å². The molecule has 0 saturated carbocycles. The Kier molecular flexibility index (Phi) is 6.17. The Hall–Kier alpha value is -0.0400. The van der Waals surface area contributed by atoms with Crippen LogP contribution in [-0.2, 0) is 14.8 Å². The van der Waals surface area contributed by atoms with Crippen LogP contribution >= 0.6 is 34.8 Å². The lowest BCUT2D eigenvalue weighted by atomic mass is 10.4. The summed E-state index contributed by atoms with van der Waals surface area (Å²) in [5.74, 6) is 0.106. The van der Waals surface area contributed by atoms with Crippen LogP contribution in [0.1, 0.15) is 0 Å². The number of nitrogens with one attached hydrogen (secondary N) is 1. The van der Waals surface area contributed by atoms with Crippen LogP contribution in [0.25, 0.3) is 0 Å². The maximum atomic E-state index is 12.0. The van der Waals surface area contributed by atoms with Crippen LogP contribution in [0.15, 0.2) is 23.1 Å². The predicted octanol–water partition coefficient (Wildman–Crippen LogP) is 2.53. The predicted molar refractivity (Wildman–Crippen MR) is 73.2 cm³/mol. The molecule has 1 N–H and O–H groups in total. The first-order valence-electron chi connectivity index (χ1n) is 4.93. The molecule has 102 valence electrons. The quantitative estimate of drug-likeness (QED) is 0.814. The Morgan fingerprint density at radius 3 is 2.50 bits per heavy atom. The topological polar surface area (TPSA) is 55.4 Å². The van der Waals surface area contributed by atoms with Gasteiger partial charge in [-0.25, -0.2) is 13.1 Å². The minimum Gasteiger partial charge on any atom is -0.383 e. The maximum absolute atomic E-state index is 12.0. The van der Waals surface area contributed by atoms with Crippen LogP contribution in [-0.4, -0.2) is 34.1 Å². The average Bonchev–Trinajstić information content (AvgIpc) is 2.31. The van der Waals surface area contributed by atoms with Crippen molar-refractivity contribution in [2.24, 2.45) is 0 Å². The van der Waals surface area contributed by atoms with E-state index in [0.717, 1.165) is 0 Å². The molecular weight excluding hydrogens is 321 g/mol. The lowest BCUT2D eigenvalue weighted by Crippen LogP contribution is -2.39. The highest BCUT2D eigenvalue weighted by molar-refractivity contribution is 7.89. The summed E-state index contributed by atoms with van der Waals surface area (Å²) >= 11 is 17.1. The smallest absolute Gasteiger partial charge is 0.240 e. The summed E-state index contributed by atoms with van der Waals surface area (Å²) in [5, 5.41) is 0.468. The second-order valence-electron chi connectivity index (χ2n) is 3.50. The molecule has 1 rings (SSSR count). The van der Waals surface area contributed by atoms with E-state index < -0.39 is 16.1 Å². The monoisotopic (exact) mass is 331 g/mol. The van der Waals surface area contributed by atoms with E-state index in [1.165, 1.54) is 25.3 Å². The Bertz CT molecular complexity index is 507. The first-order valence-corrected chi connectivity index (χ1v) is 7.70. The van der Waals surface area contributed by atoms with Crippen LogP contribution in [0, 0.1) is 0 Å². The molecule has 1 aromatic rings. The maximum Gasteiger partial charge on any atom is 0.240 e. The third kappa shape index (κ3) is 4.26. The molecular formula is C10H12Cl3NO3S. The van der Waals surface area contributed by atoms with Crippen molar-refractivity contribution in [2.45, 2.75) is 10.9 Å². The van der Waals surface area contributed by atoms with E-state index in [-0.39, 0.29) is 22.4 Å². The molecule has 0 radical (unpaired) electrons. The van der Waals surface area contributed by atoms with Gasteiger partial charge >= 0.3 is 0 Å². The van der Waals surface area contributed by atoms with Gasteiger partial charge in [0.05, 0.1) is 27.6 Å². The first-order chi connectivity index (χ1) is 8.40. The van der Waals surface area contributed by atoms with Gasteiger partial charge in [0, 0.05) is 13.0 Å². The summed E-state index contributed by atoms with van der Waals surface area (Å²) in [6.07, 6.45) is 0. The SMILES string of the molecule is COCC(CCl)NS(=O)(=O)c1ccc(Cl)c(Cl)c1. The van der Waals surface area contributed by atoms with Crippen molar-refractivity contribution >= 4 is 44.8 Å². The summed E-state index contributed by atoms with van der Waals surface area (Å²) in [7, 11) is -2.23. The zero-order chi connectivity index (χ0) is 13.8. The third-order valence-electron chi connectivity index (χ3n) is 2.08. The van der Waals surface area contributed by atoms with Crippen molar-refractivity contribution in [3.05, 3.63) is 28.2 Å². The van der Waals surface area contributed by atoms with Gasteiger partial charge < -0.3 is 4.74 Å². The molecule has 1 atom stereocenters. The molecule has 8 heteroatoms. The van der Waals surface area contributed by atoms with Crippen LogP contribution < -0.4 is 4.72 Å². The lowest BCUT2D eigenvalue weighted by molar-refractivity contribution is 0.181. The fraction of sp³-hybridized carbons (Fsp3) is 0.400. The summed E-state index contributed by atoms with van der Waals surface area (Å²) < 4.78 is 31.3. The molecule has 0 aromatic heterocycles. The van der Waals surface area contributed by atoms with E-state index in [0.29, 0.717) is 5.02 Å². The number of halogens is 3. The van der Waals surface area contributed by atoms with Crippen molar-refractivity contribution in [1.82, 2.24) is 4.72 Å². The first kappa shape index (κ1) is 16.0. The van der Waals surface area contributed by atoms with Gasteiger partial charge in [0.25, 0.3) is 0 Å². The van der Waals surface area contributed by atoms with Gasteiger partial charge in [0.2, 0.25) is 10.0 Å². The molecule has 0 spiro atoms. The van der Waals surface area contributed by atoms with E-state index in [4.69, 9.17) is 39.5 Å². The Morgan fingerprint density at radius 1 is 1.33 bits per heavy atom. The minimum atomic E-state index is -3.69. The third-order valence-corrected chi connectivity index (χ3v) is 4.71. The van der Waals surface area contributed by atoms with Crippen molar-refractivity contribution in [3.8, 4) is 0 Å². The van der Waals surface area contributed by atoms with Gasteiger partial charge in [-0.05, 0) is 18.2 Å². The standard InChI is InChI=1S/C10H12Cl3NO3S/c1-17-6-7(5-11)14-18(15,16)8-2-3-9(12)10(13)4-8/h2-4,7,14H,5-6H2,1H3. The number of hydrogen-bond acceptors (Lipinski definition) is 3. The summed E-state index contributed by atoms with van der Waals surface area (Å²) in [4.78, 5) is 0.0307. The molecule has 1 unspecified atom stereocenters. The Balaban J connectivity index is 2.95. The molecule has 0 aliphatic heterocycles. The van der Waals surface area contributed by atoms with E-state index in [1.54, 1.807) is 0 Å². The van der Waals surface area contributed by atoms with Crippen LogP contribution in [0.3, 0.4) is 0 Å². The number of methoxy groups -OCH3 is 1. The number of sulfonamides is 1. The fourth-order valence-electron chi connectivity index (χ4n) is 1.24. The van der Waals surface area contributed by atoms with Gasteiger partial charge in [-0.3, -0.25) is 0 Å². The van der Waals surface area contributed by atoms with Gasteiger partial charge in [-0.2, -0.15) is 0 Å². The van der Waals surface area contributed by atoms with E-state index in [9.17, 15) is 8.42 Å². The summed E-state index contributed by atoms with van der Waals surface area (Å²) in [6, 6.07) is 3.57. The minimum absolute atomic E-state index is 0.0307. The molecule has 0 aliphatic rings. The van der Waals surface area contributed by atoms with Gasteiger partial charge in [0.1, 0.15) is 0 Å². The Labute approximate surface area is 121 Å². The van der Waals surface area contributed by atoms with Crippen molar-refractivity contribution in [3.63, 3.8) is 0 Å². The highest BCUT2D eigenvalue weighted by Crippen LogP contribution is 2.24. The van der Waals surface area contributed by atoms with Crippen molar-refractivity contribution < 1.29 is 13.2 Å². The number of hydrogen-bond donors (Lipinski definition) is 1. The molecule has 0 saturated heterocycles. The lowest BCUT2D eigenvalue weighted by Gasteiger charge is -2.15. The molecule has 0 amide bonds. The van der Waals surface area contributed by atoms with Crippen molar-refractivity contribution in [2.75, 3.05) is 19.6 Å². The molecule has 0 aliphatic carbocycles. The summed E-state index contributed by atoms with van der Waals surface area (Å²) in [6.45, 7) is 0.185. The molecule has 1 aromatic carbocycles. The molecule has 18 heavy (non-hydrogen) atoms. The van der Waals surface area contributed by atoms with Gasteiger partial charge in [-0.15, -0.1) is 11.6 Å². The molecule has 0 bridgehead atoms. The zero-order valence-corrected chi connectivity index (χ0v) is 12.6. The number of alkyl halides is 1. The number of benzene rings is 1. The zero-order valence-electron chi connectivity index (χ0n) is 9.49. The van der Waals surface area contributed by atoms with E-state index >= 15 is 0 Å². The normalized spacial score (nSPS) is 13.6. The van der Waals surface area contributed by atoms with Crippen LogP contribution in [0.2, 0.25) is 10.0 Å². The Morgan fingerprint density at radius 2 is 2.00 bits per heavy atom. The molecule has 0 fully saturated rings. The van der Waals surface area contributed by atoms with Crippen LogP contribution in [0.4, 0.5) is 0 Å². The molecule has 4 nitrogen and oxygen atoms in total. The second kappa shape index (κ2) is 6.93. The van der Waals surface area contributed by atoms with Gasteiger partial charge in [0.15, 0.2) is 0 Å². The average molecular weight is 333 g/mol. The van der Waals surface area contributed by atoms with Crippen molar-refractivity contribution in [1.29, 1.82) is 0 Å². The van der Waals surface area contributed by atoms with Gasteiger partial charge in [-0.1, -0.05) is 23.2 Å². The highest BCUT2D eigenvalue weighted by Gasteiger charge is 2.20. The second-order valence-corrected chi connectivity index (χ2v) is 6.34. The van der Waals surface area contributed by atoms with Crippen LogP contribution in [0.5, 0.6) is 0 Å². The number of rotatable bonds is 6. The molecule has 0 heterocycles. The van der Waals surface area contributed by atoms with E-state index in [1.807, 2.05) is 0 Å². The largest absolute Gasteiger partial charge is 0.383 e. The number of ether oxygens (including phenoxy) is 1. The highest BCUT2D eigenvalue weighted by atomic mass is 35.5. The summed E-state index contributed by atoms with van der Waals surface area (Å²) in [5.41, 5.74) is 0.